The predicted octanol–water partition coefficient (Wildman–Crippen LogP) is 3.66. The summed E-state index contributed by atoms with van der Waals surface area (Å²) in [6.07, 6.45) is 2.45. The number of carbonyl (C=O) groups excluding carboxylic acids is 1. The highest BCUT2D eigenvalue weighted by atomic mass is 16.5. The molecule has 0 aliphatic carbocycles. The van der Waals surface area contributed by atoms with Crippen LogP contribution >= 0.6 is 0 Å². The van der Waals surface area contributed by atoms with Gasteiger partial charge in [0.1, 0.15) is 5.69 Å². The number of hydrogen-bond acceptors (Lipinski definition) is 3. The van der Waals surface area contributed by atoms with E-state index >= 15 is 0 Å². The van der Waals surface area contributed by atoms with E-state index in [9.17, 15) is 4.79 Å². The lowest BCUT2D eigenvalue weighted by Crippen LogP contribution is -2.40. The zero-order valence-corrected chi connectivity index (χ0v) is 15.2. The van der Waals surface area contributed by atoms with Gasteiger partial charge in [-0.2, -0.15) is 0 Å². The molecule has 1 heterocycles. The second-order valence-electron chi connectivity index (χ2n) is 6.64. The molecular formula is C19H27N3O2. The Kier molecular flexibility index (Phi) is 5.65. The molecule has 0 bridgehead atoms. The van der Waals surface area contributed by atoms with Crippen LogP contribution in [0.4, 0.5) is 5.69 Å². The first-order valence-electron chi connectivity index (χ1n) is 8.38. The van der Waals surface area contributed by atoms with Crippen molar-refractivity contribution in [2.75, 3.05) is 11.9 Å². The fraction of sp³-hybridized carbons (Fsp3) is 0.474. The molecule has 0 saturated carbocycles. The molecule has 1 amide bonds. The molecule has 5 heteroatoms. The van der Waals surface area contributed by atoms with Crippen LogP contribution in [0.15, 0.2) is 36.5 Å². The number of nitrogens with zero attached hydrogens (tertiary/aromatic N) is 2. The third-order valence-electron chi connectivity index (χ3n) is 4.53. The maximum absolute atomic E-state index is 13.0. The van der Waals surface area contributed by atoms with Crippen molar-refractivity contribution in [3.63, 3.8) is 0 Å². The highest BCUT2D eigenvalue weighted by molar-refractivity contribution is 5.96. The lowest BCUT2D eigenvalue weighted by molar-refractivity contribution is -0.127. The average Bonchev–Trinajstić information content (AvgIpc) is 2.87. The summed E-state index contributed by atoms with van der Waals surface area (Å²) < 4.78 is 7.15. The summed E-state index contributed by atoms with van der Waals surface area (Å²) in [4.78, 5) is 13.0. The second kappa shape index (κ2) is 7.51. The summed E-state index contributed by atoms with van der Waals surface area (Å²) in [7, 11) is 1.81. The van der Waals surface area contributed by atoms with E-state index in [1.807, 2.05) is 39.1 Å². The highest BCUT2D eigenvalue weighted by Gasteiger charge is 2.37. The monoisotopic (exact) mass is 329 g/mol. The molecule has 130 valence electrons. The zero-order chi connectivity index (χ0) is 17.7. The van der Waals surface area contributed by atoms with Gasteiger partial charge >= 0.3 is 0 Å². The fourth-order valence-corrected chi connectivity index (χ4v) is 2.63. The summed E-state index contributed by atoms with van der Waals surface area (Å²) in [5.74, 6) is 0.624. The molecule has 0 aliphatic heterocycles. The van der Waals surface area contributed by atoms with Crippen LogP contribution in [0.5, 0.6) is 5.88 Å². The minimum absolute atomic E-state index is 0.0182. The molecule has 1 aromatic carbocycles. The van der Waals surface area contributed by atoms with Crippen molar-refractivity contribution in [1.82, 2.24) is 9.78 Å². The Morgan fingerprint density at radius 3 is 2.58 bits per heavy atom. The molecule has 0 saturated heterocycles. The van der Waals surface area contributed by atoms with Crippen LogP contribution in [0.1, 0.15) is 33.3 Å². The van der Waals surface area contributed by atoms with Gasteiger partial charge in [0.2, 0.25) is 5.91 Å². The van der Waals surface area contributed by atoms with E-state index in [4.69, 9.17) is 4.74 Å². The first-order chi connectivity index (χ1) is 11.4. The Morgan fingerprint density at radius 1 is 1.33 bits per heavy atom. The van der Waals surface area contributed by atoms with Gasteiger partial charge in [-0.05, 0) is 24.8 Å². The molecule has 0 aliphatic rings. The molecule has 1 aromatic heterocycles. The number of ether oxygens (including phenoxy) is 1. The minimum atomic E-state index is -0.527. The van der Waals surface area contributed by atoms with E-state index in [0.717, 1.165) is 5.56 Å². The van der Waals surface area contributed by atoms with Crippen LogP contribution < -0.4 is 10.1 Å². The quantitative estimate of drug-likeness (QED) is 0.843. The summed E-state index contributed by atoms with van der Waals surface area (Å²) in [5, 5.41) is 7.26. The van der Waals surface area contributed by atoms with E-state index in [-0.39, 0.29) is 11.8 Å². The Balaban J connectivity index is 2.23. The van der Waals surface area contributed by atoms with Crippen molar-refractivity contribution in [3.8, 4) is 5.88 Å². The summed E-state index contributed by atoms with van der Waals surface area (Å²) in [6, 6.07) is 10.1. The second-order valence-corrected chi connectivity index (χ2v) is 6.64. The SMILES string of the molecule is CCOc1nn(C)cc1NC(=O)C(C)(Cc1ccccc1)C(C)C. The van der Waals surface area contributed by atoms with Gasteiger partial charge in [-0.3, -0.25) is 9.48 Å². The first-order valence-corrected chi connectivity index (χ1v) is 8.38. The van der Waals surface area contributed by atoms with Gasteiger partial charge in [-0.25, -0.2) is 0 Å². The number of amides is 1. The smallest absolute Gasteiger partial charge is 0.256 e. The van der Waals surface area contributed by atoms with Crippen molar-refractivity contribution in [1.29, 1.82) is 0 Å². The van der Waals surface area contributed by atoms with Crippen LogP contribution in [0.25, 0.3) is 0 Å². The summed E-state index contributed by atoms with van der Waals surface area (Å²) in [6.45, 7) is 8.57. The summed E-state index contributed by atoms with van der Waals surface area (Å²) in [5.41, 5.74) is 1.24. The molecule has 5 nitrogen and oxygen atoms in total. The number of rotatable bonds is 7. The maximum atomic E-state index is 13.0. The number of carbonyl (C=O) groups is 1. The number of aryl methyl sites for hydroxylation is 1. The molecule has 0 fully saturated rings. The fourth-order valence-electron chi connectivity index (χ4n) is 2.63. The van der Waals surface area contributed by atoms with Gasteiger partial charge in [0.25, 0.3) is 5.88 Å². The third kappa shape index (κ3) is 3.96. The van der Waals surface area contributed by atoms with E-state index in [1.54, 1.807) is 10.9 Å². The topological polar surface area (TPSA) is 56.1 Å². The standard InChI is InChI=1S/C19H27N3O2/c1-6-24-17-16(13-22(5)21-17)20-18(23)19(4,14(2)3)12-15-10-8-7-9-11-15/h7-11,13-14H,6,12H2,1-5H3,(H,20,23). The number of hydrogen-bond donors (Lipinski definition) is 1. The van der Waals surface area contributed by atoms with Crippen LogP contribution in [0, 0.1) is 11.3 Å². The van der Waals surface area contributed by atoms with E-state index in [2.05, 4.69) is 36.4 Å². The zero-order valence-electron chi connectivity index (χ0n) is 15.2. The van der Waals surface area contributed by atoms with Crippen molar-refractivity contribution in [3.05, 3.63) is 42.1 Å². The molecule has 0 radical (unpaired) electrons. The molecule has 1 atom stereocenters. The van der Waals surface area contributed by atoms with E-state index in [1.165, 1.54) is 0 Å². The van der Waals surface area contributed by atoms with Gasteiger partial charge in [-0.15, -0.1) is 5.10 Å². The van der Waals surface area contributed by atoms with Crippen molar-refractivity contribution in [2.24, 2.45) is 18.4 Å². The van der Waals surface area contributed by atoms with Crippen molar-refractivity contribution in [2.45, 2.75) is 34.1 Å². The number of nitrogens with one attached hydrogen (secondary N) is 1. The average molecular weight is 329 g/mol. The van der Waals surface area contributed by atoms with Crippen LogP contribution in [-0.4, -0.2) is 22.3 Å². The molecular weight excluding hydrogens is 302 g/mol. The highest BCUT2D eigenvalue weighted by Crippen LogP contribution is 2.34. The molecule has 24 heavy (non-hydrogen) atoms. The van der Waals surface area contributed by atoms with E-state index < -0.39 is 5.41 Å². The Hall–Kier alpha value is -2.30. The van der Waals surface area contributed by atoms with E-state index in [0.29, 0.717) is 24.6 Å². The van der Waals surface area contributed by atoms with Gasteiger partial charge in [0.05, 0.1) is 18.2 Å². The Morgan fingerprint density at radius 2 is 2.00 bits per heavy atom. The van der Waals surface area contributed by atoms with Crippen molar-refractivity contribution < 1.29 is 9.53 Å². The molecule has 0 spiro atoms. The van der Waals surface area contributed by atoms with Gasteiger partial charge in [0, 0.05) is 7.05 Å². The van der Waals surface area contributed by atoms with Crippen LogP contribution in [0.2, 0.25) is 0 Å². The Labute approximate surface area is 144 Å². The van der Waals surface area contributed by atoms with Crippen LogP contribution in [0.3, 0.4) is 0 Å². The maximum Gasteiger partial charge on any atom is 0.256 e. The number of anilines is 1. The van der Waals surface area contributed by atoms with Gasteiger partial charge in [0.15, 0.2) is 0 Å². The molecule has 1 N–H and O–H groups in total. The normalized spacial score (nSPS) is 13.6. The molecule has 2 rings (SSSR count). The largest absolute Gasteiger partial charge is 0.475 e. The van der Waals surface area contributed by atoms with Crippen molar-refractivity contribution >= 4 is 11.6 Å². The van der Waals surface area contributed by atoms with Gasteiger partial charge in [-0.1, -0.05) is 51.1 Å². The lowest BCUT2D eigenvalue weighted by Gasteiger charge is -2.32. The third-order valence-corrected chi connectivity index (χ3v) is 4.53. The van der Waals surface area contributed by atoms with Gasteiger partial charge < -0.3 is 10.1 Å². The molecule has 1 unspecified atom stereocenters. The number of aromatic nitrogens is 2. The first kappa shape index (κ1) is 18.0. The lowest BCUT2D eigenvalue weighted by atomic mass is 9.73. The minimum Gasteiger partial charge on any atom is -0.475 e. The summed E-state index contributed by atoms with van der Waals surface area (Å²) >= 11 is 0. The van der Waals surface area contributed by atoms with Crippen LogP contribution in [-0.2, 0) is 18.3 Å². The predicted molar refractivity (Wildman–Crippen MR) is 96.1 cm³/mol. The number of benzene rings is 1. The molecule has 2 aromatic rings. The Bertz CT molecular complexity index is 679.